The monoisotopic (exact) mass is 276 g/mol. The Morgan fingerprint density at radius 3 is 2.39 bits per heavy atom. The molecular formula is C13H25ClN2O2. The number of ether oxygens (including phenoxy) is 1. The van der Waals surface area contributed by atoms with E-state index in [0.717, 1.165) is 25.7 Å². The lowest BCUT2D eigenvalue weighted by molar-refractivity contribution is -0.149. The highest BCUT2D eigenvalue weighted by Gasteiger charge is 2.35. The van der Waals surface area contributed by atoms with Gasteiger partial charge in [-0.05, 0) is 33.1 Å². The summed E-state index contributed by atoms with van der Waals surface area (Å²) in [6.45, 7) is 5.45. The van der Waals surface area contributed by atoms with Gasteiger partial charge in [0.05, 0.1) is 25.3 Å². The summed E-state index contributed by atoms with van der Waals surface area (Å²) >= 11 is 0. The molecule has 0 spiro atoms. The minimum absolute atomic E-state index is 0. The normalized spacial score (nSPS) is 36.9. The van der Waals surface area contributed by atoms with E-state index in [4.69, 9.17) is 10.5 Å². The molecule has 0 aromatic carbocycles. The van der Waals surface area contributed by atoms with Gasteiger partial charge in [0.25, 0.3) is 0 Å². The van der Waals surface area contributed by atoms with Gasteiger partial charge in [-0.1, -0.05) is 6.42 Å². The van der Waals surface area contributed by atoms with Gasteiger partial charge in [0.1, 0.15) is 0 Å². The molecule has 1 saturated carbocycles. The quantitative estimate of drug-likeness (QED) is 0.791. The number of nitrogens with two attached hydrogens (primary N) is 1. The summed E-state index contributed by atoms with van der Waals surface area (Å²) in [6, 6.07) is 0.609. The Hall–Kier alpha value is -0.320. The van der Waals surface area contributed by atoms with E-state index in [1.807, 2.05) is 4.90 Å². The fourth-order valence-electron chi connectivity index (χ4n) is 3.10. The van der Waals surface area contributed by atoms with E-state index in [1.165, 1.54) is 0 Å². The van der Waals surface area contributed by atoms with Gasteiger partial charge < -0.3 is 15.4 Å². The second-order valence-corrected chi connectivity index (χ2v) is 5.60. The van der Waals surface area contributed by atoms with Crippen LogP contribution in [-0.4, -0.2) is 42.1 Å². The molecule has 4 nitrogen and oxygen atoms in total. The predicted octanol–water partition coefficient (Wildman–Crippen LogP) is 1.56. The summed E-state index contributed by atoms with van der Waals surface area (Å²) in [6.07, 6.45) is 4.02. The molecule has 1 amide bonds. The van der Waals surface area contributed by atoms with Crippen LogP contribution in [0.15, 0.2) is 0 Å². The first-order valence-electron chi connectivity index (χ1n) is 6.75. The number of nitrogens with zero attached hydrogens (tertiary/aromatic N) is 1. The van der Waals surface area contributed by atoms with Crippen LogP contribution in [0.25, 0.3) is 0 Å². The molecule has 1 saturated heterocycles. The van der Waals surface area contributed by atoms with Crippen molar-refractivity contribution in [2.45, 2.75) is 57.7 Å². The first kappa shape index (κ1) is 15.7. The average Bonchev–Trinajstić information content (AvgIpc) is 2.28. The lowest BCUT2D eigenvalue weighted by Gasteiger charge is -2.41. The summed E-state index contributed by atoms with van der Waals surface area (Å²) < 4.78 is 5.46. The smallest absolute Gasteiger partial charge is 0.226 e. The molecule has 0 aromatic rings. The molecule has 1 aliphatic carbocycles. The average molecular weight is 277 g/mol. The van der Waals surface area contributed by atoms with Crippen LogP contribution in [0, 0.1) is 5.92 Å². The van der Waals surface area contributed by atoms with Crippen molar-refractivity contribution in [2.75, 3.05) is 13.2 Å². The Labute approximate surface area is 116 Å². The van der Waals surface area contributed by atoms with Gasteiger partial charge in [-0.25, -0.2) is 0 Å². The number of amides is 1. The van der Waals surface area contributed by atoms with Gasteiger partial charge in [-0.15, -0.1) is 12.4 Å². The third kappa shape index (κ3) is 3.37. The molecule has 2 N–H and O–H groups in total. The molecule has 5 heteroatoms. The van der Waals surface area contributed by atoms with Gasteiger partial charge >= 0.3 is 0 Å². The van der Waals surface area contributed by atoms with E-state index < -0.39 is 0 Å². The molecule has 2 fully saturated rings. The molecule has 0 aromatic heterocycles. The van der Waals surface area contributed by atoms with Crippen LogP contribution in [0.1, 0.15) is 39.5 Å². The first-order valence-corrected chi connectivity index (χ1v) is 6.75. The first-order chi connectivity index (χ1) is 8.09. The second-order valence-electron chi connectivity index (χ2n) is 5.60. The van der Waals surface area contributed by atoms with Gasteiger partial charge in [0, 0.05) is 12.0 Å². The highest BCUT2D eigenvalue weighted by molar-refractivity contribution is 5.85. The van der Waals surface area contributed by atoms with Crippen molar-refractivity contribution in [3.8, 4) is 0 Å². The Kier molecular flexibility index (Phi) is 5.89. The zero-order chi connectivity index (χ0) is 12.4. The van der Waals surface area contributed by atoms with Crippen molar-refractivity contribution in [1.82, 2.24) is 4.90 Å². The van der Waals surface area contributed by atoms with Crippen LogP contribution in [0.2, 0.25) is 0 Å². The maximum atomic E-state index is 12.5. The van der Waals surface area contributed by atoms with Gasteiger partial charge in [0.15, 0.2) is 0 Å². The molecule has 4 unspecified atom stereocenters. The third-order valence-electron chi connectivity index (χ3n) is 3.99. The number of rotatable bonds is 1. The highest BCUT2D eigenvalue weighted by Crippen LogP contribution is 2.27. The largest absolute Gasteiger partial charge is 0.377 e. The van der Waals surface area contributed by atoms with Gasteiger partial charge in [-0.3, -0.25) is 4.79 Å². The lowest BCUT2D eigenvalue weighted by atomic mass is 9.84. The molecule has 2 aliphatic rings. The molecular weight excluding hydrogens is 252 g/mol. The van der Waals surface area contributed by atoms with Crippen LogP contribution >= 0.6 is 12.4 Å². The van der Waals surface area contributed by atoms with E-state index in [2.05, 4.69) is 13.8 Å². The van der Waals surface area contributed by atoms with E-state index in [1.54, 1.807) is 0 Å². The summed E-state index contributed by atoms with van der Waals surface area (Å²) in [4.78, 5) is 14.6. The van der Waals surface area contributed by atoms with Gasteiger partial charge in [-0.2, -0.15) is 0 Å². The van der Waals surface area contributed by atoms with E-state index in [-0.39, 0.29) is 36.5 Å². The molecule has 1 heterocycles. The number of halogens is 1. The van der Waals surface area contributed by atoms with Crippen molar-refractivity contribution in [1.29, 1.82) is 0 Å². The van der Waals surface area contributed by atoms with Crippen LogP contribution in [-0.2, 0) is 9.53 Å². The maximum Gasteiger partial charge on any atom is 0.226 e. The van der Waals surface area contributed by atoms with E-state index in [0.29, 0.717) is 19.1 Å². The van der Waals surface area contributed by atoms with Crippen LogP contribution in [0.5, 0.6) is 0 Å². The predicted molar refractivity (Wildman–Crippen MR) is 73.8 cm³/mol. The van der Waals surface area contributed by atoms with E-state index in [9.17, 15) is 4.79 Å². The summed E-state index contributed by atoms with van der Waals surface area (Å²) in [5, 5.41) is 0. The molecule has 0 radical (unpaired) electrons. The SMILES string of the molecule is CC1COCC(C)N1C(=O)C1CCCC(N)C1.Cl. The zero-order valence-electron chi connectivity index (χ0n) is 11.3. The van der Waals surface area contributed by atoms with Crippen molar-refractivity contribution in [3.05, 3.63) is 0 Å². The minimum atomic E-state index is 0. The van der Waals surface area contributed by atoms with Crippen molar-refractivity contribution < 1.29 is 9.53 Å². The Morgan fingerprint density at radius 2 is 1.83 bits per heavy atom. The summed E-state index contributed by atoms with van der Waals surface area (Å²) in [5.74, 6) is 0.435. The van der Waals surface area contributed by atoms with Crippen LogP contribution < -0.4 is 5.73 Å². The van der Waals surface area contributed by atoms with Crippen LogP contribution in [0.4, 0.5) is 0 Å². The number of carbonyl (C=O) groups excluding carboxylic acids is 1. The number of hydrogen-bond acceptors (Lipinski definition) is 3. The number of hydrogen-bond donors (Lipinski definition) is 1. The molecule has 18 heavy (non-hydrogen) atoms. The molecule has 1 aliphatic heterocycles. The zero-order valence-corrected chi connectivity index (χ0v) is 12.1. The molecule has 0 bridgehead atoms. The van der Waals surface area contributed by atoms with Crippen molar-refractivity contribution in [3.63, 3.8) is 0 Å². The Morgan fingerprint density at radius 1 is 1.22 bits per heavy atom. The second kappa shape index (κ2) is 6.73. The minimum Gasteiger partial charge on any atom is -0.377 e. The number of morpholine rings is 1. The standard InChI is InChI=1S/C13H24N2O2.ClH/c1-9-7-17-8-10(2)15(9)13(16)11-4-3-5-12(14)6-11;/h9-12H,3-8,14H2,1-2H3;1H. The molecule has 2 rings (SSSR count). The lowest BCUT2D eigenvalue weighted by Crippen LogP contribution is -2.55. The van der Waals surface area contributed by atoms with Gasteiger partial charge in [0.2, 0.25) is 5.91 Å². The van der Waals surface area contributed by atoms with Crippen molar-refractivity contribution in [2.24, 2.45) is 11.7 Å². The molecule has 106 valence electrons. The fraction of sp³-hybridized carbons (Fsp3) is 0.923. The highest BCUT2D eigenvalue weighted by atomic mass is 35.5. The topological polar surface area (TPSA) is 55.6 Å². The Bertz CT molecular complexity index is 278. The van der Waals surface area contributed by atoms with Crippen molar-refractivity contribution >= 4 is 18.3 Å². The maximum absolute atomic E-state index is 12.5. The van der Waals surface area contributed by atoms with Crippen LogP contribution in [0.3, 0.4) is 0 Å². The molecule has 4 atom stereocenters. The fourth-order valence-corrected chi connectivity index (χ4v) is 3.10. The summed E-state index contributed by atoms with van der Waals surface area (Å²) in [5.41, 5.74) is 5.97. The Balaban J connectivity index is 0.00000162. The summed E-state index contributed by atoms with van der Waals surface area (Å²) in [7, 11) is 0. The number of carbonyl (C=O) groups is 1. The van der Waals surface area contributed by atoms with E-state index >= 15 is 0 Å². The third-order valence-corrected chi connectivity index (χ3v) is 3.99.